The van der Waals surface area contributed by atoms with Crippen LogP contribution in [0.5, 0.6) is 5.75 Å². The van der Waals surface area contributed by atoms with Crippen molar-refractivity contribution in [1.29, 1.82) is 0 Å². The Morgan fingerprint density at radius 3 is 2.95 bits per heavy atom. The van der Waals surface area contributed by atoms with Gasteiger partial charge in [0.25, 0.3) is 0 Å². The van der Waals surface area contributed by atoms with E-state index in [4.69, 9.17) is 4.74 Å². The van der Waals surface area contributed by atoms with Crippen LogP contribution in [0.15, 0.2) is 22.7 Å². The zero-order valence-corrected chi connectivity index (χ0v) is 13.4. The molecule has 1 unspecified atom stereocenters. The maximum absolute atomic E-state index is 12.3. The molecule has 0 spiro atoms. The van der Waals surface area contributed by atoms with Crippen molar-refractivity contribution >= 4 is 27.8 Å². The largest absolute Gasteiger partial charge is 0.492 e. The van der Waals surface area contributed by atoms with Crippen LogP contribution in [-0.2, 0) is 9.59 Å². The van der Waals surface area contributed by atoms with Gasteiger partial charge in [-0.15, -0.1) is 0 Å². The van der Waals surface area contributed by atoms with Crippen LogP contribution in [0.1, 0.15) is 37.7 Å². The Bertz CT molecular complexity index is 546. The SMILES string of the molecule is CCCC[C@H](NC(=O)C1COc2ccc(Br)cc21)C(=O)O. The number of unbranched alkanes of at least 4 members (excludes halogenated alkanes) is 1. The molecule has 0 saturated heterocycles. The Kier molecular flexibility index (Phi) is 5.22. The number of rotatable bonds is 6. The number of fused-ring (bicyclic) bond motifs is 1. The van der Waals surface area contributed by atoms with Gasteiger partial charge in [0.2, 0.25) is 5.91 Å². The van der Waals surface area contributed by atoms with Crippen LogP contribution in [0.2, 0.25) is 0 Å². The molecule has 21 heavy (non-hydrogen) atoms. The minimum absolute atomic E-state index is 0.248. The molecule has 1 heterocycles. The predicted molar refractivity (Wildman–Crippen MR) is 81.5 cm³/mol. The van der Waals surface area contributed by atoms with E-state index in [1.807, 2.05) is 19.1 Å². The first-order chi connectivity index (χ1) is 10.0. The number of amides is 1. The van der Waals surface area contributed by atoms with E-state index in [1.54, 1.807) is 6.07 Å². The van der Waals surface area contributed by atoms with Gasteiger partial charge in [-0.1, -0.05) is 35.7 Å². The van der Waals surface area contributed by atoms with Gasteiger partial charge in [0.15, 0.2) is 0 Å². The fourth-order valence-electron chi connectivity index (χ4n) is 2.34. The summed E-state index contributed by atoms with van der Waals surface area (Å²) in [5.41, 5.74) is 0.793. The van der Waals surface area contributed by atoms with Crippen molar-refractivity contribution in [2.75, 3.05) is 6.61 Å². The molecular formula is C15H18BrNO4. The van der Waals surface area contributed by atoms with Crippen LogP contribution >= 0.6 is 15.9 Å². The highest BCUT2D eigenvalue weighted by Crippen LogP contribution is 2.36. The van der Waals surface area contributed by atoms with Gasteiger partial charge >= 0.3 is 5.97 Å². The maximum atomic E-state index is 12.3. The predicted octanol–water partition coefficient (Wildman–Crippen LogP) is 2.68. The standard InChI is InChI=1S/C15H18BrNO4/c1-2-3-4-12(15(19)20)17-14(18)11-8-21-13-6-5-9(16)7-10(11)13/h5-7,11-12H,2-4,8H2,1H3,(H,17,18)(H,19,20)/t11?,12-/m0/s1. The molecular weight excluding hydrogens is 338 g/mol. The average Bonchev–Trinajstić information content (AvgIpc) is 2.85. The quantitative estimate of drug-likeness (QED) is 0.822. The van der Waals surface area contributed by atoms with Crippen molar-refractivity contribution in [1.82, 2.24) is 5.32 Å². The Morgan fingerprint density at radius 2 is 2.29 bits per heavy atom. The third kappa shape index (κ3) is 3.75. The molecule has 0 saturated carbocycles. The van der Waals surface area contributed by atoms with Gasteiger partial charge < -0.3 is 15.2 Å². The number of nitrogens with one attached hydrogen (secondary N) is 1. The molecule has 6 heteroatoms. The molecule has 1 amide bonds. The fraction of sp³-hybridized carbons (Fsp3) is 0.467. The molecule has 2 rings (SSSR count). The molecule has 1 aliphatic heterocycles. The Labute approximate surface area is 131 Å². The van der Waals surface area contributed by atoms with Crippen LogP contribution in [0, 0.1) is 0 Å². The van der Waals surface area contributed by atoms with Gasteiger partial charge in [-0.2, -0.15) is 0 Å². The maximum Gasteiger partial charge on any atom is 0.326 e. The third-order valence-corrected chi connectivity index (χ3v) is 4.02. The summed E-state index contributed by atoms with van der Waals surface area (Å²) in [6, 6.07) is 4.65. The molecule has 0 fully saturated rings. The first-order valence-corrected chi connectivity index (χ1v) is 7.77. The zero-order chi connectivity index (χ0) is 15.4. The monoisotopic (exact) mass is 355 g/mol. The average molecular weight is 356 g/mol. The number of carbonyl (C=O) groups is 2. The van der Waals surface area contributed by atoms with Gasteiger partial charge in [-0.3, -0.25) is 4.79 Å². The second-order valence-corrected chi connectivity index (χ2v) is 6.00. The number of hydrogen-bond donors (Lipinski definition) is 2. The molecule has 0 aliphatic carbocycles. The Hall–Kier alpha value is -1.56. The van der Waals surface area contributed by atoms with Gasteiger partial charge in [-0.05, 0) is 24.6 Å². The first-order valence-electron chi connectivity index (χ1n) is 6.98. The lowest BCUT2D eigenvalue weighted by Gasteiger charge is -2.16. The van der Waals surface area contributed by atoms with Gasteiger partial charge in [0, 0.05) is 10.0 Å². The number of carboxylic acids is 1. The van der Waals surface area contributed by atoms with Gasteiger partial charge in [-0.25, -0.2) is 4.79 Å². The molecule has 0 bridgehead atoms. The first kappa shape index (κ1) is 15.8. The third-order valence-electron chi connectivity index (χ3n) is 3.53. The number of benzene rings is 1. The lowest BCUT2D eigenvalue weighted by molar-refractivity contribution is -0.142. The second-order valence-electron chi connectivity index (χ2n) is 5.09. The summed E-state index contributed by atoms with van der Waals surface area (Å²) in [6.07, 6.45) is 2.10. The minimum Gasteiger partial charge on any atom is -0.492 e. The highest BCUT2D eigenvalue weighted by Gasteiger charge is 2.32. The number of aliphatic carboxylic acids is 1. The van der Waals surface area contributed by atoms with Crippen molar-refractivity contribution in [2.24, 2.45) is 0 Å². The van der Waals surface area contributed by atoms with Crippen molar-refractivity contribution < 1.29 is 19.4 Å². The van der Waals surface area contributed by atoms with E-state index in [-0.39, 0.29) is 12.5 Å². The molecule has 0 aromatic heterocycles. The molecule has 2 N–H and O–H groups in total. The van der Waals surface area contributed by atoms with E-state index in [9.17, 15) is 14.7 Å². The summed E-state index contributed by atoms with van der Waals surface area (Å²) in [5.74, 6) is -1.07. The van der Waals surface area contributed by atoms with Crippen molar-refractivity contribution in [3.63, 3.8) is 0 Å². The van der Waals surface area contributed by atoms with Crippen molar-refractivity contribution in [3.05, 3.63) is 28.2 Å². The molecule has 1 aromatic rings. The molecule has 1 aliphatic rings. The Balaban J connectivity index is 2.08. The van der Waals surface area contributed by atoms with Crippen molar-refractivity contribution in [3.8, 4) is 5.75 Å². The van der Waals surface area contributed by atoms with E-state index >= 15 is 0 Å². The highest BCUT2D eigenvalue weighted by molar-refractivity contribution is 9.10. The molecule has 0 radical (unpaired) electrons. The number of halogens is 1. The number of carboxylic acid groups (broad SMARTS) is 1. The summed E-state index contributed by atoms with van der Waals surface area (Å²) in [5, 5.41) is 11.8. The van der Waals surface area contributed by atoms with Gasteiger partial charge in [0.1, 0.15) is 24.3 Å². The second kappa shape index (κ2) is 6.93. The molecule has 2 atom stereocenters. The highest BCUT2D eigenvalue weighted by atomic mass is 79.9. The normalized spacial score (nSPS) is 17.7. The minimum atomic E-state index is -0.995. The summed E-state index contributed by atoms with van der Waals surface area (Å²) in [4.78, 5) is 23.5. The molecule has 5 nitrogen and oxygen atoms in total. The smallest absolute Gasteiger partial charge is 0.326 e. The van der Waals surface area contributed by atoms with Crippen LogP contribution in [-0.4, -0.2) is 29.6 Å². The summed E-state index contributed by atoms with van der Waals surface area (Å²) in [6.45, 7) is 2.23. The van der Waals surface area contributed by atoms with Crippen LogP contribution in [0.3, 0.4) is 0 Å². The summed E-state index contributed by atoms with van der Waals surface area (Å²) < 4.78 is 6.35. The van der Waals surface area contributed by atoms with Crippen LogP contribution < -0.4 is 10.1 Å². The van der Waals surface area contributed by atoms with E-state index < -0.39 is 17.9 Å². The molecule has 1 aromatic carbocycles. The van der Waals surface area contributed by atoms with Crippen molar-refractivity contribution in [2.45, 2.75) is 38.1 Å². The number of ether oxygens (including phenoxy) is 1. The number of hydrogen-bond acceptors (Lipinski definition) is 3. The van der Waals surface area contributed by atoms with Crippen LogP contribution in [0.25, 0.3) is 0 Å². The lowest BCUT2D eigenvalue weighted by atomic mass is 9.99. The van der Waals surface area contributed by atoms with E-state index in [0.29, 0.717) is 12.2 Å². The topological polar surface area (TPSA) is 75.6 Å². The lowest BCUT2D eigenvalue weighted by Crippen LogP contribution is -2.43. The summed E-state index contributed by atoms with van der Waals surface area (Å²) >= 11 is 3.37. The Morgan fingerprint density at radius 1 is 1.52 bits per heavy atom. The van der Waals surface area contributed by atoms with E-state index in [1.165, 1.54) is 0 Å². The van der Waals surface area contributed by atoms with Gasteiger partial charge in [0.05, 0.1) is 0 Å². The molecule has 114 valence electrons. The van der Waals surface area contributed by atoms with Crippen LogP contribution in [0.4, 0.5) is 0 Å². The zero-order valence-electron chi connectivity index (χ0n) is 11.8. The van der Waals surface area contributed by atoms with E-state index in [2.05, 4.69) is 21.2 Å². The fourth-order valence-corrected chi connectivity index (χ4v) is 2.72. The number of carbonyl (C=O) groups excluding carboxylic acids is 1. The van der Waals surface area contributed by atoms with E-state index in [0.717, 1.165) is 22.9 Å². The summed E-state index contributed by atoms with van der Waals surface area (Å²) in [7, 11) is 0.